The average Bonchev–Trinajstić information content (AvgIpc) is 3.54. The number of nitrogens with one attached hydrogen (secondary N) is 1. The molecule has 8 aromatic rings. The predicted molar refractivity (Wildman–Crippen MR) is 163 cm³/mol. The lowest BCUT2D eigenvalue weighted by atomic mass is 10.0. The van der Waals surface area contributed by atoms with Crippen LogP contribution in [0.4, 0.5) is 11.4 Å². The van der Waals surface area contributed by atoms with Gasteiger partial charge in [-0.15, -0.1) is 0 Å². The molecule has 0 radical (unpaired) electrons. The average molecular weight is 501 g/mol. The minimum atomic E-state index is 0.874. The molecule has 0 aliphatic carbocycles. The summed E-state index contributed by atoms with van der Waals surface area (Å²) in [5, 5.41) is 8.42. The molecule has 39 heavy (non-hydrogen) atoms. The molecule has 0 aliphatic heterocycles. The molecular formula is C36H24N2O. The van der Waals surface area contributed by atoms with Crippen molar-refractivity contribution < 1.29 is 4.42 Å². The van der Waals surface area contributed by atoms with E-state index in [-0.39, 0.29) is 0 Å². The van der Waals surface area contributed by atoms with Crippen molar-refractivity contribution in [2.75, 3.05) is 5.32 Å². The molecule has 0 spiro atoms. The van der Waals surface area contributed by atoms with Crippen molar-refractivity contribution in [3.05, 3.63) is 140 Å². The van der Waals surface area contributed by atoms with Crippen LogP contribution in [0.1, 0.15) is 0 Å². The second-order valence-corrected chi connectivity index (χ2v) is 9.90. The summed E-state index contributed by atoms with van der Waals surface area (Å²) in [6.07, 6.45) is 0. The number of hydrogen-bond acceptors (Lipinski definition) is 2. The SMILES string of the molecule is c1ccc(-c2ccc3oc4cccc(Nc5cccc(-n6c7ccccc7c7ccccc76)c5)c4c3c2)cc1. The molecule has 8 rings (SSSR count). The van der Waals surface area contributed by atoms with Crippen LogP contribution in [0.15, 0.2) is 144 Å². The van der Waals surface area contributed by atoms with Crippen LogP contribution in [0, 0.1) is 0 Å². The first-order valence-corrected chi connectivity index (χ1v) is 13.2. The Morgan fingerprint density at radius 3 is 2.00 bits per heavy atom. The largest absolute Gasteiger partial charge is 0.456 e. The third-order valence-corrected chi connectivity index (χ3v) is 7.57. The lowest BCUT2D eigenvalue weighted by molar-refractivity contribution is 0.669. The Morgan fingerprint density at radius 1 is 0.487 bits per heavy atom. The van der Waals surface area contributed by atoms with Crippen LogP contribution in [-0.4, -0.2) is 4.57 Å². The van der Waals surface area contributed by atoms with E-state index in [4.69, 9.17) is 4.42 Å². The standard InChI is InChI=1S/C36H24N2O/c1-2-10-24(11-3-1)25-20-21-34-30(22-25)36-31(16-9-19-35(36)39-34)37-26-12-8-13-27(23-26)38-32-17-6-4-14-28(32)29-15-5-7-18-33(29)38/h1-23,37H. The zero-order valence-electron chi connectivity index (χ0n) is 21.1. The predicted octanol–water partition coefficient (Wildman–Crippen LogP) is 10.1. The maximum Gasteiger partial charge on any atom is 0.137 e. The fourth-order valence-corrected chi connectivity index (χ4v) is 5.82. The molecule has 0 atom stereocenters. The van der Waals surface area contributed by atoms with Crippen LogP contribution in [-0.2, 0) is 0 Å². The number of anilines is 2. The third kappa shape index (κ3) is 3.52. The smallest absolute Gasteiger partial charge is 0.137 e. The van der Waals surface area contributed by atoms with Gasteiger partial charge in [-0.1, -0.05) is 84.9 Å². The summed E-state index contributed by atoms with van der Waals surface area (Å²) < 4.78 is 8.60. The van der Waals surface area contributed by atoms with Gasteiger partial charge in [-0.25, -0.2) is 0 Å². The molecule has 0 bridgehead atoms. The Labute approximate surface area is 225 Å². The summed E-state index contributed by atoms with van der Waals surface area (Å²) in [5.41, 5.74) is 9.70. The summed E-state index contributed by atoms with van der Waals surface area (Å²) >= 11 is 0. The molecule has 1 N–H and O–H groups in total. The number of benzene rings is 6. The number of furan rings is 1. The first-order valence-electron chi connectivity index (χ1n) is 13.2. The van der Waals surface area contributed by atoms with E-state index in [2.05, 4.69) is 131 Å². The molecular weight excluding hydrogens is 476 g/mol. The Balaban J connectivity index is 1.26. The van der Waals surface area contributed by atoms with Crippen LogP contribution < -0.4 is 5.32 Å². The molecule has 0 saturated carbocycles. The number of aromatic nitrogens is 1. The Hall–Kier alpha value is -5.28. The molecule has 184 valence electrons. The number of para-hydroxylation sites is 2. The van der Waals surface area contributed by atoms with Crippen molar-refractivity contribution in [3.63, 3.8) is 0 Å². The van der Waals surface area contributed by atoms with Crippen molar-refractivity contribution in [1.29, 1.82) is 0 Å². The van der Waals surface area contributed by atoms with Gasteiger partial charge in [-0.3, -0.25) is 0 Å². The van der Waals surface area contributed by atoms with Crippen LogP contribution >= 0.6 is 0 Å². The van der Waals surface area contributed by atoms with Gasteiger partial charge in [0.1, 0.15) is 11.2 Å². The molecule has 0 unspecified atom stereocenters. The molecule has 3 heteroatoms. The van der Waals surface area contributed by atoms with Crippen molar-refractivity contribution >= 4 is 55.1 Å². The van der Waals surface area contributed by atoms with Gasteiger partial charge in [0.2, 0.25) is 0 Å². The van der Waals surface area contributed by atoms with Crippen molar-refractivity contribution in [2.45, 2.75) is 0 Å². The highest BCUT2D eigenvalue weighted by molar-refractivity contribution is 6.13. The lowest BCUT2D eigenvalue weighted by Crippen LogP contribution is -1.96. The van der Waals surface area contributed by atoms with Crippen molar-refractivity contribution in [1.82, 2.24) is 4.57 Å². The van der Waals surface area contributed by atoms with Gasteiger partial charge in [-0.2, -0.15) is 0 Å². The quantitative estimate of drug-likeness (QED) is 0.260. The first-order chi connectivity index (χ1) is 19.3. The zero-order chi connectivity index (χ0) is 25.8. The maximum atomic E-state index is 6.26. The summed E-state index contributed by atoms with van der Waals surface area (Å²) in [4.78, 5) is 0. The highest BCUT2D eigenvalue weighted by Crippen LogP contribution is 2.38. The fraction of sp³-hybridized carbons (Fsp3) is 0. The Kier molecular flexibility index (Phi) is 4.82. The fourth-order valence-electron chi connectivity index (χ4n) is 5.82. The van der Waals surface area contributed by atoms with Crippen LogP contribution in [0.3, 0.4) is 0 Å². The lowest BCUT2D eigenvalue weighted by Gasteiger charge is -2.12. The number of hydrogen-bond donors (Lipinski definition) is 1. The summed E-state index contributed by atoms with van der Waals surface area (Å²) in [6, 6.07) is 48.9. The van der Waals surface area contributed by atoms with Gasteiger partial charge in [0, 0.05) is 27.5 Å². The molecule has 2 aromatic heterocycles. The number of fused-ring (bicyclic) bond motifs is 6. The zero-order valence-corrected chi connectivity index (χ0v) is 21.1. The molecule has 0 fully saturated rings. The van der Waals surface area contributed by atoms with Gasteiger partial charge < -0.3 is 14.3 Å². The van der Waals surface area contributed by atoms with Gasteiger partial charge in [0.25, 0.3) is 0 Å². The van der Waals surface area contributed by atoms with Gasteiger partial charge in [0.15, 0.2) is 0 Å². The highest BCUT2D eigenvalue weighted by Gasteiger charge is 2.14. The Bertz CT molecular complexity index is 2100. The van der Waals surface area contributed by atoms with E-state index in [1.807, 2.05) is 18.2 Å². The van der Waals surface area contributed by atoms with E-state index in [0.29, 0.717) is 0 Å². The monoisotopic (exact) mass is 500 g/mol. The van der Waals surface area contributed by atoms with E-state index in [9.17, 15) is 0 Å². The van der Waals surface area contributed by atoms with E-state index < -0.39 is 0 Å². The topological polar surface area (TPSA) is 30.1 Å². The summed E-state index contributed by atoms with van der Waals surface area (Å²) in [5.74, 6) is 0. The van der Waals surface area contributed by atoms with Gasteiger partial charge in [0.05, 0.1) is 22.1 Å². The molecule has 2 heterocycles. The van der Waals surface area contributed by atoms with E-state index in [1.165, 1.54) is 32.9 Å². The number of nitrogens with zero attached hydrogens (tertiary/aromatic N) is 1. The summed E-state index contributed by atoms with van der Waals surface area (Å²) in [7, 11) is 0. The molecule has 0 amide bonds. The number of rotatable bonds is 4. The van der Waals surface area contributed by atoms with Crippen molar-refractivity contribution in [2.24, 2.45) is 0 Å². The van der Waals surface area contributed by atoms with E-state index in [1.54, 1.807) is 0 Å². The minimum absolute atomic E-state index is 0.874. The van der Waals surface area contributed by atoms with Crippen LogP contribution in [0.5, 0.6) is 0 Å². The highest BCUT2D eigenvalue weighted by atomic mass is 16.3. The minimum Gasteiger partial charge on any atom is -0.456 e. The normalized spacial score (nSPS) is 11.6. The molecule has 0 saturated heterocycles. The first kappa shape index (κ1) is 21.8. The Morgan fingerprint density at radius 2 is 1.21 bits per heavy atom. The van der Waals surface area contributed by atoms with Crippen LogP contribution in [0.2, 0.25) is 0 Å². The second-order valence-electron chi connectivity index (χ2n) is 9.90. The van der Waals surface area contributed by atoms with Gasteiger partial charge in [-0.05, 0) is 65.7 Å². The second kappa shape index (κ2) is 8.64. The molecule has 3 nitrogen and oxygen atoms in total. The third-order valence-electron chi connectivity index (χ3n) is 7.57. The molecule has 0 aliphatic rings. The van der Waals surface area contributed by atoms with Gasteiger partial charge >= 0.3 is 0 Å². The van der Waals surface area contributed by atoms with E-state index >= 15 is 0 Å². The van der Waals surface area contributed by atoms with Crippen molar-refractivity contribution in [3.8, 4) is 16.8 Å². The van der Waals surface area contributed by atoms with E-state index in [0.717, 1.165) is 39.0 Å². The molecule has 6 aromatic carbocycles. The summed E-state index contributed by atoms with van der Waals surface area (Å²) in [6.45, 7) is 0. The van der Waals surface area contributed by atoms with Crippen LogP contribution in [0.25, 0.3) is 60.6 Å². The maximum absolute atomic E-state index is 6.26.